The van der Waals surface area contributed by atoms with E-state index in [4.69, 9.17) is 27.4 Å². The lowest BCUT2D eigenvalue weighted by Gasteiger charge is -2.24. The summed E-state index contributed by atoms with van der Waals surface area (Å²) in [5.74, 6) is -6.05. The van der Waals surface area contributed by atoms with Crippen molar-refractivity contribution in [3.05, 3.63) is 29.8 Å². The van der Waals surface area contributed by atoms with Crippen molar-refractivity contribution in [2.45, 2.75) is 49.9 Å². The number of rotatable bonds is 16. The Morgan fingerprint density at radius 2 is 1.42 bits per heavy atom. The minimum absolute atomic E-state index is 0.0343. The van der Waals surface area contributed by atoms with Crippen molar-refractivity contribution in [1.29, 1.82) is 0 Å². The fourth-order valence-electron chi connectivity index (χ4n) is 3.12. The molecule has 0 heterocycles. The number of guanidine groups is 1. The number of hydrogen-bond acceptors (Lipinski definition) is 9. The van der Waals surface area contributed by atoms with Crippen molar-refractivity contribution in [2.75, 3.05) is 13.2 Å². The van der Waals surface area contributed by atoms with E-state index in [0.29, 0.717) is 12.0 Å². The summed E-state index contributed by atoms with van der Waals surface area (Å²) in [6.45, 7) is -0.728. The summed E-state index contributed by atoms with van der Waals surface area (Å²) in [5.41, 5.74) is 16.9. The summed E-state index contributed by atoms with van der Waals surface area (Å²) in [6.07, 6.45) is -0.490. The largest absolute Gasteiger partial charge is 0.508 e. The van der Waals surface area contributed by atoms with Gasteiger partial charge in [0.1, 0.15) is 23.9 Å². The Morgan fingerprint density at radius 1 is 0.868 bits per heavy atom. The molecule has 0 aliphatic heterocycles. The summed E-state index contributed by atoms with van der Waals surface area (Å²) < 4.78 is 0. The number of hydrogen-bond donors (Lipinski definition) is 10. The second-order valence-corrected chi connectivity index (χ2v) is 8.23. The Morgan fingerprint density at radius 3 is 1.95 bits per heavy atom. The van der Waals surface area contributed by atoms with Gasteiger partial charge in [-0.15, -0.1) is 0 Å². The van der Waals surface area contributed by atoms with E-state index in [0.717, 1.165) is 0 Å². The van der Waals surface area contributed by atoms with Gasteiger partial charge in [0, 0.05) is 13.0 Å². The topological polar surface area (TPSA) is 293 Å². The van der Waals surface area contributed by atoms with Crippen LogP contribution < -0.4 is 33.2 Å². The predicted molar refractivity (Wildman–Crippen MR) is 132 cm³/mol. The third kappa shape index (κ3) is 11.5. The van der Waals surface area contributed by atoms with Crippen LogP contribution in [0.2, 0.25) is 0 Å². The molecule has 1 aromatic rings. The van der Waals surface area contributed by atoms with Crippen molar-refractivity contribution in [2.24, 2.45) is 22.2 Å². The van der Waals surface area contributed by atoms with Crippen LogP contribution in [-0.2, 0) is 30.4 Å². The van der Waals surface area contributed by atoms with Gasteiger partial charge in [0.2, 0.25) is 17.7 Å². The molecule has 1 rings (SSSR count). The highest BCUT2D eigenvalue weighted by atomic mass is 16.4. The van der Waals surface area contributed by atoms with E-state index in [1.165, 1.54) is 24.3 Å². The minimum atomic E-state index is -1.81. The van der Waals surface area contributed by atoms with Crippen molar-refractivity contribution in [1.82, 2.24) is 16.0 Å². The summed E-state index contributed by atoms with van der Waals surface area (Å²) in [4.78, 5) is 64.0. The fraction of sp³-hybridized carbons (Fsp3) is 0.455. The molecule has 13 N–H and O–H groups in total. The highest BCUT2D eigenvalue weighted by Gasteiger charge is 2.31. The van der Waals surface area contributed by atoms with Gasteiger partial charge in [-0.25, -0.2) is 4.79 Å². The van der Waals surface area contributed by atoms with Crippen LogP contribution in [0.25, 0.3) is 0 Å². The molecule has 0 fully saturated rings. The lowest BCUT2D eigenvalue weighted by molar-refractivity contribution is -0.147. The number of aliphatic hydroxyl groups is 1. The number of amides is 3. The molecule has 0 radical (unpaired) electrons. The monoisotopic (exact) mass is 539 g/mol. The first kappa shape index (κ1) is 31.6. The molecule has 0 saturated heterocycles. The summed E-state index contributed by atoms with van der Waals surface area (Å²) in [7, 11) is 0. The molecule has 0 aliphatic rings. The van der Waals surface area contributed by atoms with Gasteiger partial charge < -0.3 is 53.6 Å². The zero-order chi connectivity index (χ0) is 28.8. The van der Waals surface area contributed by atoms with E-state index in [-0.39, 0.29) is 31.1 Å². The number of benzene rings is 1. The van der Waals surface area contributed by atoms with Gasteiger partial charge in [0.15, 0.2) is 5.96 Å². The van der Waals surface area contributed by atoms with Gasteiger partial charge in [-0.3, -0.25) is 24.2 Å². The van der Waals surface area contributed by atoms with E-state index < -0.39 is 66.9 Å². The Kier molecular flexibility index (Phi) is 13.0. The van der Waals surface area contributed by atoms with Crippen molar-refractivity contribution >= 4 is 35.6 Å². The smallest absolute Gasteiger partial charge is 0.326 e. The van der Waals surface area contributed by atoms with Crippen LogP contribution in [0.3, 0.4) is 0 Å². The molecule has 4 unspecified atom stereocenters. The average molecular weight is 540 g/mol. The Hall–Kier alpha value is -4.44. The van der Waals surface area contributed by atoms with E-state index >= 15 is 0 Å². The van der Waals surface area contributed by atoms with Gasteiger partial charge in [-0.1, -0.05) is 12.1 Å². The number of carboxylic acid groups (broad SMARTS) is 2. The number of phenols is 1. The van der Waals surface area contributed by atoms with Gasteiger partial charge in [-0.05, 0) is 30.5 Å². The molecule has 210 valence electrons. The van der Waals surface area contributed by atoms with Crippen molar-refractivity contribution in [3.63, 3.8) is 0 Å². The molecule has 0 aliphatic carbocycles. The number of aliphatic hydroxyl groups excluding tert-OH is 1. The standard InChI is InChI=1S/C22H33N7O9/c23-13(2-1-7-26-22(24)25)18(34)27-14(8-11-3-5-12(31)6-4-11)19(35)29-16(10-30)20(36)28-15(21(37)38)9-17(32)33/h3-6,13-16,30-31H,1-2,7-10,23H2,(H,27,34)(H,28,36)(H,29,35)(H,32,33)(H,37,38)(H4,24,25,26). The molecule has 38 heavy (non-hydrogen) atoms. The second kappa shape index (κ2) is 15.6. The van der Waals surface area contributed by atoms with Crippen LogP contribution in [0, 0.1) is 0 Å². The molecular formula is C22H33N7O9. The Balaban J connectivity index is 2.99. The van der Waals surface area contributed by atoms with E-state index in [9.17, 15) is 34.2 Å². The molecule has 1 aromatic carbocycles. The van der Waals surface area contributed by atoms with E-state index in [1.807, 2.05) is 5.32 Å². The van der Waals surface area contributed by atoms with E-state index in [1.54, 1.807) is 0 Å². The van der Waals surface area contributed by atoms with Gasteiger partial charge in [-0.2, -0.15) is 0 Å². The Bertz CT molecular complexity index is 1010. The van der Waals surface area contributed by atoms with Crippen LogP contribution in [0.15, 0.2) is 29.3 Å². The number of aromatic hydroxyl groups is 1. The third-order valence-corrected chi connectivity index (χ3v) is 5.12. The van der Waals surface area contributed by atoms with Crippen molar-refractivity contribution < 1.29 is 44.4 Å². The number of phenolic OH excluding ortho intramolecular Hbond substituents is 1. The zero-order valence-electron chi connectivity index (χ0n) is 20.4. The quantitative estimate of drug-likeness (QED) is 0.0552. The van der Waals surface area contributed by atoms with Crippen LogP contribution >= 0.6 is 0 Å². The van der Waals surface area contributed by atoms with Gasteiger partial charge >= 0.3 is 11.9 Å². The summed E-state index contributed by atoms with van der Waals surface area (Å²) in [6, 6.07) is -0.0935. The first-order valence-corrected chi connectivity index (χ1v) is 11.4. The first-order valence-electron chi connectivity index (χ1n) is 11.4. The molecule has 0 spiro atoms. The SMILES string of the molecule is NC(N)=NCCCC(N)C(=O)NC(Cc1ccc(O)cc1)C(=O)NC(CO)C(=O)NC(CC(=O)O)C(=O)O. The molecule has 0 aromatic heterocycles. The maximum Gasteiger partial charge on any atom is 0.326 e. The highest BCUT2D eigenvalue weighted by Crippen LogP contribution is 2.12. The normalized spacial score (nSPS) is 13.7. The molecule has 4 atom stereocenters. The van der Waals surface area contributed by atoms with Crippen LogP contribution in [-0.4, -0.2) is 93.4 Å². The summed E-state index contributed by atoms with van der Waals surface area (Å²) in [5, 5.41) is 43.7. The number of aliphatic imine (C=N–C) groups is 1. The number of aliphatic carboxylic acids is 2. The van der Waals surface area contributed by atoms with E-state index in [2.05, 4.69) is 15.6 Å². The lowest BCUT2D eigenvalue weighted by atomic mass is 10.0. The molecule has 16 heteroatoms. The van der Waals surface area contributed by atoms with Crippen molar-refractivity contribution in [3.8, 4) is 5.75 Å². The number of carboxylic acids is 2. The number of carbonyl (C=O) groups is 5. The zero-order valence-corrected chi connectivity index (χ0v) is 20.4. The minimum Gasteiger partial charge on any atom is -0.508 e. The maximum absolute atomic E-state index is 13.0. The number of carbonyl (C=O) groups excluding carboxylic acids is 3. The van der Waals surface area contributed by atoms with Crippen LogP contribution in [0.4, 0.5) is 0 Å². The molecular weight excluding hydrogens is 506 g/mol. The average Bonchev–Trinajstić information content (AvgIpc) is 2.84. The van der Waals surface area contributed by atoms with Crippen LogP contribution in [0.5, 0.6) is 5.75 Å². The number of nitrogens with two attached hydrogens (primary N) is 3. The fourth-order valence-corrected chi connectivity index (χ4v) is 3.12. The molecule has 3 amide bonds. The van der Waals surface area contributed by atoms with Gasteiger partial charge in [0.05, 0.1) is 19.1 Å². The molecule has 0 bridgehead atoms. The highest BCUT2D eigenvalue weighted by molar-refractivity contribution is 5.94. The van der Waals surface area contributed by atoms with Gasteiger partial charge in [0.25, 0.3) is 0 Å². The number of nitrogens with one attached hydrogen (secondary N) is 3. The molecule has 16 nitrogen and oxygen atoms in total. The Labute approximate surface area is 217 Å². The van der Waals surface area contributed by atoms with Crippen LogP contribution in [0.1, 0.15) is 24.8 Å². The lowest BCUT2D eigenvalue weighted by Crippen LogP contribution is -2.58. The second-order valence-electron chi connectivity index (χ2n) is 8.23. The maximum atomic E-state index is 13.0. The predicted octanol–water partition coefficient (Wildman–Crippen LogP) is -3.68. The number of nitrogens with zero attached hydrogens (tertiary/aromatic N) is 1. The third-order valence-electron chi connectivity index (χ3n) is 5.12. The first-order chi connectivity index (χ1) is 17.8. The summed E-state index contributed by atoms with van der Waals surface area (Å²) >= 11 is 0. The molecule has 0 saturated carbocycles.